The summed E-state index contributed by atoms with van der Waals surface area (Å²) in [4.78, 5) is 29.5. The van der Waals surface area contributed by atoms with Gasteiger partial charge in [0.25, 0.3) is 5.91 Å². The van der Waals surface area contributed by atoms with Crippen molar-refractivity contribution in [2.24, 2.45) is 0 Å². The van der Waals surface area contributed by atoms with Crippen LogP contribution in [0.4, 0.5) is 0 Å². The highest BCUT2D eigenvalue weighted by Gasteiger charge is 2.27. The van der Waals surface area contributed by atoms with Crippen LogP contribution in [0.25, 0.3) is 0 Å². The van der Waals surface area contributed by atoms with Crippen molar-refractivity contribution in [3.05, 3.63) is 35.4 Å². The fourth-order valence-electron chi connectivity index (χ4n) is 4.30. The van der Waals surface area contributed by atoms with Crippen LogP contribution >= 0.6 is 0 Å². The summed E-state index contributed by atoms with van der Waals surface area (Å²) in [7, 11) is 0. The molecular formula is C22H33N5O2. The summed E-state index contributed by atoms with van der Waals surface area (Å²) in [5.41, 5.74) is 1.62. The first-order valence-corrected chi connectivity index (χ1v) is 11.0. The second-order valence-corrected chi connectivity index (χ2v) is 8.54. The Hall–Kier alpha value is -1.96. The Labute approximate surface area is 173 Å². The number of piperidine rings is 1. The molecule has 1 aromatic rings. The minimum absolute atomic E-state index is 0.0204. The van der Waals surface area contributed by atoms with Gasteiger partial charge in [0, 0.05) is 56.9 Å². The van der Waals surface area contributed by atoms with Crippen LogP contribution in [-0.4, -0.2) is 79.5 Å². The van der Waals surface area contributed by atoms with E-state index >= 15 is 0 Å². The van der Waals surface area contributed by atoms with Crippen LogP contribution < -0.4 is 16.0 Å². The van der Waals surface area contributed by atoms with Crippen LogP contribution in [0.2, 0.25) is 0 Å². The first-order valence-electron chi connectivity index (χ1n) is 11.0. The van der Waals surface area contributed by atoms with Gasteiger partial charge in [-0.05, 0) is 49.9 Å². The predicted octanol–water partition coefficient (Wildman–Crippen LogP) is 0.565. The van der Waals surface area contributed by atoms with Crippen LogP contribution in [0.5, 0.6) is 0 Å². The third-order valence-corrected chi connectivity index (χ3v) is 6.11. The number of rotatable bonds is 7. The van der Waals surface area contributed by atoms with E-state index in [2.05, 4.69) is 25.8 Å². The van der Waals surface area contributed by atoms with Crippen LogP contribution in [0.3, 0.4) is 0 Å². The van der Waals surface area contributed by atoms with Crippen LogP contribution in [0, 0.1) is 0 Å². The molecule has 0 radical (unpaired) electrons. The standard InChI is InChI=1S/C22H33N5O2/c28-21(16-26-10-2-5-20(15-26)27-11-8-23-9-12-27)24-14-17-3-1-4-18(13-17)22(29)25-19-6-7-19/h1,3-4,13,19-20,23H,2,5-12,14-16H2,(H,24,28)(H,25,29). The Kier molecular flexibility index (Phi) is 6.79. The summed E-state index contributed by atoms with van der Waals surface area (Å²) in [5.74, 6) is 0.0340. The van der Waals surface area contributed by atoms with Gasteiger partial charge in [0.05, 0.1) is 6.54 Å². The molecule has 3 aliphatic rings. The average Bonchev–Trinajstić information content (AvgIpc) is 3.57. The van der Waals surface area contributed by atoms with E-state index in [0.29, 0.717) is 30.7 Å². The molecule has 29 heavy (non-hydrogen) atoms. The van der Waals surface area contributed by atoms with Gasteiger partial charge >= 0.3 is 0 Å². The Balaban J connectivity index is 1.22. The van der Waals surface area contributed by atoms with Crippen LogP contribution in [0.1, 0.15) is 41.6 Å². The molecule has 0 spiro atoms. The van der Waals surface area contributed by atoms with E-state index < -0.39 is 0 Å². The van der Waals surface area contributed by atoms with Crippen molar-refractivity contribution < 1.29 is 9.59 Å². The molecule has 1 aromatic carbocycles. The van der Waals surface area contributed by atoms with Gasteiger partial charge < -0.3 is 16.0 Å². The number of nitrogens with zero attached hydrogens (tertiary/aromatic N) is 2. The van der Waals surface area contributed by atoms with Gasteiger partial charge in [0.1, 0.15) is 0 Å². The zero-order valence-corrected chi connectivity index (χ0v) is 17.2. The lowest BCUT2D eigenvalue weighted by Gasteiger charge is -2.40. The second-order valence-electron chi connectivity index (χ2n) is 8.54. The first kappa shape index (κ1) is 20.3. The summed E-state index contributed by atoms with van der Waals surface area (Å²) in [6, 6.07) is 8.45. The number of hydrogen-bond donors (Lipinski definition) is 3. The van der Waals surface area contributed by atoms with E-state index in [1.807, 2.05) is 24.3 Å². The lowest BCUT2D eigenvalue weighted by molar-refractivity contribution is -0.122. The third-order valence-electron chi connectivity index (χ3n) is 6.11. The van der Waals surface area contributed by atoms with Crippen LogP contribution in [-0.2, 0) is 11.3 Å². The number of carbonyl (C=O) groups is 2. The maximum atomic E-state index is 12.5. The van der Waals surface area contributed by atoms with Crippen molar-refractivity contribution in [3.8, 4) is 0 Å². The average molecular weight is 400 g/mol. The highest BCUT2D eigenvalue weighted by atomic mass is 16.2. The molecule has 1 saturated carbocycles. The van der Waals surface area contributed by atoms with Gasteiger partial charge in [-0.15, -0.1) is 0 Å². The predicted molar refractivity (Wildman–Crippen MR) is 113 cm³/mol. The van der Waals surface area contributed by atoms with Crippen molar-refractivity contribution in [2.75, 3.05) is 45.8 Å². The summed E-state index contributed by atoms with van der Waals surface area (Å²) in [6.45, 7) is 7.22. The smallest absolute Gasteiger partial charge is 0.251 e. The Bertz CT molecular complexity index is 715. The highest BCUT2D eigenvalue weighted by molar-refractivity contribution is 5.94. The highest BCUT2D eigenvalue weighted by Crippen LogP contribution is 2.19. The number of hydrogen-bond acceptors (Lipinski definition) is 5. The molecule has 7 heteroatoms. The van der Waals surface area contributed by atoms with Gasteiger partial charge in [-0.1, -0.05) is 12.1 Å². The third kappa shape index (κ3) is 6.01. The van der Waals surface area contributed by atoms with Crippen molar-refractivity contribution in [1.29, 1.82) is 0 Å². The molecule has 2 saturated heterocycles. The largest absolute Gasteiger partial charge is 0.351 e. The van der Waals surface area contributed by atoms with Crippen molar-refractivity contribution in [3.63, 3.8) is 0 Å². The minimum Gasteiger partial charge on any atom is -0.351 e. The number of amides is 2. The van der Waals surface area contributed by atoms with Gasteiger partial charge in [-0.2, -0.15) is 0 Å². The number of nitrogens with one attached hydrogen (secondary N) is 3. The molecular weight excluding hydrogens is 366 g/mol. The number of benzene rings is 1. The molecule has 7 nitrogen and oxygen atoms in total. The number of piperazine rings is 1. The molecule has 3 fully saturated rings. The summed E-state index contributed by atoms with van der Waals surface area (Å²) in [5, 5.41) is 9.44. The zero-order valence-electron chi connectivity index (χ0n) is 17.2. The molecule has 2 heterocycles. The Morgan fingerprint density at radius 3 is 2.72 bits per heavy atom. The van der Waals surface area contributed by atoms with E-state index in [4.69, 9.17) is 0 Å². The van der Waals surface area contributed by atoms with Gasteiger partial charge in [0.2, 0.25) is 5.91 Å². The maximum Gasteiger partial charge on any atom is 0.251 e. The zero-order chi connectivity index (χ0) is 20.1. The fraction of sp³-hybridized carbons (Fsp3) is 0.636. The lowest BCUT2D eigenvalue weighted by Crippen LogP contribution is -2.55. The maximum absolute atomic E-state index is 12.5. The van der Waals surface area contributed by atoms with E-state index in [1.165, 1.54) is 6.42 Å². The fourth-order valence-corrected chi connectivity index (χ4v) is 4.30. The van der Waals surface area contributed by atoms with Crippen LogP contribution in [0.15, 0.2) is 24.3 Å². The van der Waals surface area contributed by atoms with E-state index in [0.717, 1.165) is 64.1 Å². The SMILES string of the molecule is O=C(CN1CCCC(N2CCNCC2)C1)NCc1cccc(C(=O)NC2CC2)c1. The summed E-state index contributed by atoms with van der Waals surface area (Å²) < 4.78 is 0. The molecule has 1 atom stereocenters. The second kappa shape index (κ2) is 9.69. The van der Waals surface area contributed by atoms with Gasteiger partial charge in [-0.3, -0.25) is 19.4 Å². The molecule has 158 valence electrons. The minimum atomic E-state index is -0.0204. The molecule has 4 rings (SSSR count). The molecule has 0 bridgehead atoms. The van der Waals surface area contributed by atoms with Gasteiger partial charge in [0.15, 0.2) is 0 Å². The first-order chi connectivity index (χ1) is 14.2. The molecule has 1 unspecified atom stereocenters. The van der Waals surface area contributed by atoms with Crippen molar-refractivity contribution in [2.45, 2.75) is 44.3 Å². The molecule has 2 amide bonds. The van der Waals surface area contributed by atoms with Gasteiger partial charge in [-0.25, -0.2) is 0 Å². The summed E-state index contributed by atoms with van der Waals surface area (Å²) >= 11 is 0. The Morgan fingerprint density at radius 2 is 1.93 bits per heavy atom. The summed E-state index contributed by atoms with van der Waals surface area (Å²) in [6.07, 6.45) is 4.54. The lowest BCUT2D eigenvalue weighted by atomic mass is 10.0. The molecule has 1 aliphatic carbocycles. The number of carbonyl (C=O) groups excluding carboxylic acids is 2. The topological polar surface area (TPSA) is 76.7 Å². The van der Waals surface area contributed by atoms with E-state index in [-0.39, 0.29) is 11.8 Å². The molecule has 2 aliphatic heterocycles. The number of likely N-dealkylation sites (tertiary alicyclic amines) is 1. The molecule has 0 aromatic heterocycles. The quantitative estimate of drug-likeness (QED) is 0.625. The normalized spacial score (nSPS) is 23.5. The Morgan fingerprint density at radius 1 is 1.10 bits per heavy atom. The molecule has 3 N–H and O–H groups in total. The van der Waals surface area contributed by atoms with E-state index in [9.17, 15) is 9.59 Å². The van der Waals surface area contributed by atoms with Crippen molar-refractivity contribution >= 4 is 11.8 Å². The van der Waals surface area contributed by atoms with E-state index in [1.54, 1.807) is 0 Å². The monoisotopic (exact) mass is 399 g/mol. The van der Waals surface area contributed by atoms with Crippen molar-refractivity contribution in [1.82, 2.24) is 25.8 Å².